The fraction of sp³-hybridized carbons (Fsp3) is 0.182. The van der Waals surface area contributed by atoms with Crippen LogP contribution in [0, 0.1) is 0 Å². The van der Waals surface area contributed by atoms with Gasteiger partial charge in [-0.1, -0.05) is 6.07 Å². The van der Waals surface area contributed by atoms with E-state index in [1.807, 2.05) is 25.1 Å². The second-order valence-corrected chi connectivity index (χ2v) is 2.99. The van der Waals surface area contributed by atoms with Crippen LogP contribution in [0.5, 0.6) is 5.75 Å². The predicted molar refractivity (Wildman–Crippen MR) is 55.7 cm³/mol. The second kappa shape index (κ2) is 3.54. The summed E-state index contributed by atoms with van der Waals surface area (Å²) in [6, 6.07) is 7.38. The number of rotatable bonds is 2. The number of fused-ring (bicyclic) bond motifs is 1. The van der Waals surface area contributed by atoms with E-state index in [1.165, 1.54) is 0 Å². The van der Waals surface area contributed by atoms with Gasteiger partial charge in [-0.3, -0.25) is 4.79 Å². The zero-order valence-corrected chi connectivity index (χ0v) is 7.91. The first kappa shape index (κ1) is 8.81. The van der Waals surface area contributed by atoms with Crippen LogP contribution in [0.1, 0.15) is 6.92 Å². The molecule has 1 aromatic heterocycles. The van der Waals surface area contributed by atoms with Crippen LogP contribution >= 0.6 is 0 Å². The highest BCUT2D eigenvalue weighted by Gasteiger charge is 1.99. The highest BCUT2D eigenvalue weighted by molar-refractivity contribution is 5.82. The Balaban J connectivity index is 2.64. The third kappa shape index (κ3) is 1.48. The Labute approximate surface area is 81.3 Å². The number of benzene rings is 1. The van der Waals surface area contributed by atoms with Crippen molar-refractivity contribution in [3.63, 3.8) is 0 Å². The van der Waals surface area contributed by atoms with E-state index in [-0.39, 0.29) is 5.56 Å². The minimum Gasteiger partial charge on any atom is -0.494 e. The van der Waals surface area contributed by atoms with Crippen LogP contribution in [0.2, 0.25) is 0 Å². The van der Waals surface area contributed by atoms with Crippen molar-refractivity contribution in [2.45, 2.75) is 6.92 Å². The molecule has 0 bridgehead atoms. The fourth-order valence-corrected chi connectivity index (χ4v) is 1.42. The summed E-state index contributed by atoms with van der Waals surface area (Å²) in [6.45, 7) is 2.52. The van der Waals surface area contributed by atoms with Crippen LogP contribution < -0.4 is 10.3 Å². The van der Waals surface area contributed by atoms with Gasteiger partial charge in [-0.15, -0.1) is 0 Å². The highest BCUT2D eigenvalue weighted by atomic mass is 16.5. The summed E-state index contributed by atoms with van der Waals surface area (Å²) in [5.41, 5.74) is -0.0796. The summed E-state index contributed by atoms with van der Waals surface area (Å²) in [7, 11) is 0. The van der Waals surface area contributed by atoms with Gasteiger partial charge in [0, 0.05) is 6.20 Å². The van der Waals surface area contributed by atoms with E-state index in [1.54, 1.807) is 12.3 Å². The van der Waals surface area contributed by atoms with Crippen molar-refractivity contribution in [1.82, 2.24) is 4.98 Å². The third-order valence-corrected chi connectivity index (χ3v) is 2.06. The Bertz CT molecular complexity index is 502. The number of hydrogen-bond acceptors (Lipinski definition) is 2. The Morgan fingerprint density at radius 3 is 3.00 bits per heavy atom. The molecule has 1 N–H and O–H groups in total. The maximum Gasteiger partial charge on any atom is 0.255 e. The molecule has 72 valence electrons. The molecule has 0 fully saturated rings. The standard InChI is InChI=1S/C11H11NO2/c1-2-14-9-4-3-8-5-6-12-11(13)10(8)7-9/h3-7H,2H2,1H3,(H,12,13). The predicted octanol–water partition coefficient (Wildman–Crippen LogP) is 1.93. The summed E-state index contributed by atoms with van der Waals surface area (Å²) in [5.74, 6) is 0.733. The lowest BCUT2D eigenvalue weighted by atomic mass is 10.2. The molecule has 0 atom stereocenters. The maximum absolute atomic E-state index is 11.4. The number of nitrogens with one attached hydrogen (secondary N) is 1. The number of hydrogen-bond donors (Lipinski definition) is 1. The van der Waals surface area contributed by atoms with Crippen LogP contribution in [-0.2, 0) is 0 Å². The summed E-state index contributed by atoms with van der Waals surface area (Å²) in [5, 5.41) is 1.59. The van der Waals surface area contributed by atoms with E-state index in [0.717, 1.165) is 11.1 Å². The monoisotopic (exact) mass is 189 g/mol. The molecule has 3 nitrogen and oxygen atoms in total. The van der Waals surface area contributed by atoms with Gasteiger partial charge in [-0.05, 0) is 30.5 Å². The van der Waals surface area contributed by atoms with Gasteiger partial charge in [0.25, 0.3) is 5.56 Å². The molecule has 0 radical (unpaired) electrons. The van der Waals surface area contributed by atoms with Gasteiger partial charge in [-0.25, -0.2) is 0 Å². The highest BCUT2D eigenvalue weighted by Crippen LogP contribution is 2.17. The lowest BCUT2D eigenvalue weighted by Crippen LogP contribution is -2.04. The average molecular weight is 189 g/mol. The molecule has 0 aliphatic rings. The summed E-state index contributed by atoms with van der Waals surface area (Å²) in [4.78, 5) is 14.1. The molecule has 2 aromatic rings. The largest absolute Gasteiger partial charge is 0.494 e. The normalized spacial score (nSPS) is 10.4. The van der Waals surface area contributed by atoms with E-state index < -0.39 is 0 Å². The van der Waals surface area contributed by atoms with Crippen LogP contribution in [0.3, 0.4) is 0 Å². The molecular formula is C11H11NO2. The van der Waals surface area contributed by atoms with Crippen molar-refractivity contribution in [3.05, 3.63) is 40.8 Å². The maximum atomic E-state index is 11.4. The van der Waals surface area contributed by atoms with Gasteiger partial charge in [0.1, 0.15) is 5.75 Å². The number of aromatic nitrogens is 1. The van der Waals surface area contributed by atoms with Gasteiger partial charge >= 0.3 is 0 Å². The van der Waals surface area contributed by atoms with Gasteiger partial charge in [-0.2, -0.15) is 0 Å². The molecule has 0 aliphatic carbocycles. The number of pyridine rings is 1. The molecule has 0 saturated heterocycles. The topological polar surface area (TPSA) is 42.1 Å². The smallest absolute Gasteiger partial charge is 0.255 e. The Kier molecular flexibility index (Phi) is 2.23. The van der Waals surface area contributed by atoms with Crippen LogP contribution in [0.4, 0.5) is 0 Å². The quantitative estimate of drug-likeness (QED) is 0.784. The molecule has 0 saturated carbocycles. The second-order valence-electron chi connectivity index (χ2n) is 2.99. The SMILES string of the molecule is CCOc1ccc2cc[nH]c(=O)c2c1. The fourth-order valence-electron chi connectivity index (χ4n) is 1.42. The molecule has 3 heteroatoms. The number of ether oxygens (including phenoxy) is 1. The van der Waals surface area contributed by atoms with Crippen molar-refractivity contribution < 1.29 is 4.74 Å². The minimum atomic E-state index is -0.0796. The van der Waals surface area contributed by atoms with E-state index in [0.29, 0.717) is 12.0 Å². The first-order valence-electron chi connectivity index (χ1n) is 4.55. The van der Waals surface area contributed by atoms with Gasteiger partial charge < -0.3 is 9.72 Å². The van der Waals surface area contributed by atoms with Crippen molar-refractivity contribution in [2.24, 2.45) is 0 Å². The zero-order chi connectivity index (χ0) is 9.97. The average Bonchev–Trinajstić information content (AvgIpc) is 2.20. The molecule has 0 unspecified atom stereocenters. The van der Waals surface area contributed by atoms with E-state index in [4.69, 9.17) is 4.74 Å². The molecule has 1 aromatic carbocycles. The van der Waals surface area contributed by atoms with Crippen LogP contribution in [0.15, 0.2) is 35.3 Å². The van der Waals surface area contributed by atoms with Crippen molar-refractivity contribution >= 4 is 10.8 Å². The van der Waals surface area contributed by atoms with Gasteiger partial charge in [0.15, 0.2) is 0 Å². The lowest BCUT2D eigenvalue weighted by molar-refractivity contribution is 0.340. The zero-order valence-electron chi connectivity index (χ0n) is 7.91. The first-order chi connectivity index (χ1) is 6.81. The molecular weight excluding hydrogens is 178 g/mol. The van der Waals surface area contributed by atoms with Gasteiger partial charge in [0.05, 0.1) is 12.0 Å². The molecule has 0 spiro atoms. The molecule has 0 amide bonds. The minimum absolute atomic E-state index is 0.0796. The van der Waals surface area contributed by atoms with Crippen molar-refractivity contribution in [2.75, 3.05) is 6.61 Å². The summed E-state index contributed by atoms with van der Waals surface area (Å²) < 4.78 is 5.32. The third-order valence-electron chi connectivity index (χ3n) is 2.06. The number of aromatic amines is 1. The lowest BCUT2D eigenvalue weighted by Gasteiger charge is -2.03. The van der Waals surface area contributed by atoms with Crippen LogP contribution in [-0.4, -0.2) is 11.6 Å². The van der Waals surface area contributed by atoms with Crippen molar-refractivity contribution in [3.8, 4) is 5.75 Å². The van der Waals surface area contributed by atoms with Crippen LogP contribution in [0.25, 0.3) is 10.8 Å². The Morgan fingerprint density at radius 1 is 1.36 bits per heavy atom. The van der Waals surface area contributed by atoms with E-state index in [9.17, 15) is 4.79 Å². The summed E-state index contributed by atoms with van der Waals surface area (Å²) in [6.07, 6.45) is 1.64. The molecule has 1 heterocycles. The van der Waals surface area contributed by atoms with E-state index >= 15 is 0 Å². The Morgan fingerprint density at radius 2 is 2.21 bits per heavy atom. The molecule has 0 aliphatic heterocycles. The molecule has 14 heavy (non-hydrogen) atoms. The Hall–Kier alpha value is -1.77. The van der Waals surface area contributed by atoms with E-state index in [2.05, 4.69) is 4.98 Å². The summed E-state index contributed by atoms with van der Waals surface area (Å²) >= 11 is 0. The molecule has 2 rings (SSSR count). The number of H-pyrrole nitrogens is 1. The van der Waals surface area contributed by atoms with Gasteiger partial charge in [0.2, 0.25) is 0 Å². The first-order valence-corrected chi connectivity index (χ1v) is 4.55. The van der Waals surface area contributed by atoms with Crippen molar-refractivity contribution in [1.29, 1.82) is 0 Å².